The van der Waals surface area contributed by atoms with Gasteiger partial charge in [-0.25, -0.2) is 4.79 Å². The molecule has 0 saturated heterocycles. The van der Waals surface area contributed by atoms with Crippen LogP contribution in [-0.2, 0) is 42.9 Å². The average molecular weight is 334 g/mol. The lowest BCUT2D eigenvalue weighted by atomic mass is 10.0. The molecule has 0 saturated carbocycles. The molecule has 0 heterocycles. The molecule has 1 N–H and O–H groups in total. The van der Waals surface area contributed by atoms with Gasteiger partial charge in [-0.05, 0) is 0 Å². The highest BCUT2D eigenvalue weighted by molar-refractivity contribution is 5.77. The van der Waals surface area contributed by atoms with Crippen LogP contribution in [0.5, 0.6) is 0 Å². The molecule has 23 heavy (non-hydrogen) atoms. The van der Waals surface area contributed by atoms with Gasteiger partial charge in [0.2, 0.25) is 0 Å². The van der Waals surface area contributed by atoms with Crippen molar-refractivity contribution >= 4 is 30.2 Å². The van der Waals surface area contributed by atoms with Crippen LogP contribution in [-0.4, -0.2) is 66.8 Å². The summed E-state index contributed by atoms with van der Waals surface area (Å²) in [7, 11) is 0.959. The Morgan fingerprint density at radius 1 is 0.870 bits per heavy atom. The van der Waals surface area contributed by atoms with Crippen LogP contribution in [0.1, 0.15) is 20.8 Å². The van der Waals surface area contributed by atoms with Crippen LogP contribution in [0.4, 0.5) is 0 Å². The zero-order valence-electron chi connectivity index (χ0n) is 13.0. The number of esters is 4. The summed E-state index contributed by atoms with van der Waals surface area (Å²) >= 11 is 0. The summed E-state index contributed by atoms with van der Waals surface area (Å²) in [6.07, 6.45) is -7.24. The van der Waals surface area contributed by atoms with Crippen molar-refractivity contribution < 1.29 is 48.0 Å². The highest BCUT2D eigenvalue weighted by atomic mass is 16.6. The van der Waals surface area contributed by atoms with Crippen molar-refractivity contribution in [2.75, 3.05) is 7.11 Å². The van der Waals surface area contributed by atoms with Crippen molar-refractivity contribution in [2.24, 2.45) is 0 Å². The molecule has 0 fully saturated rings. The van der Waals surface area contributed by atoms with E-state index in [1.807, 2.05) is 0 Å². The van der Waals surface area contributed by atoms with E-state index in [2.05, 4.69) is 9.47 Å². The number of carbonyl (C=O) groups is 5. The van der Waals surface area contributed by atoms with Crippen molar-refractivity contribution in [3.8, 4) is 0 Å². The van der Waals surface area contributed by atoms with Crippen LogP contribution in [0.3, 0.4) is 0 Å². The molecule has 0 aromatic rings. The Morgan fingerprint density at radius 3 is 1.65 bits per heavy atom. The molecule has 0 aliphatic carbocycles. The lowest BCUT2D eigenvalue weighted by Gasteiger charge is -2.31. The Labute approximate surface area is 131 Å². The number of rotatable bonds is 8. The summed E-state index contributed by atoms with van der Waals surface area (Å²) in [5.41, 5.74) is 0. The molecule has 0 aliphatic rings. The van der Waals surface area contributed by atoms with E-state index in [0.29, 0.717) is 0 Å². The SMILES string of the molecule is COC(=O)[C@@H](O)[C@H](OC(C)=O)[C@H](OC(C)=O)[C@H](C=O)OC(C)=O. The fourth-order valence-electron chi connectivity index (χ4n) is 1.63. The van der Waals surface area contributed by atoms with Crippen LogP contribution in [0.2, 0.25) is 0 Å². The Balaban J connectivity index is 5.72. The molecule has 0 radical (unpaired) electrons. The Morgan fingerprint density at radius 2 is 1.30 bits per heavy atom. The largest absolute Gasteiger partial charge is 0.467 e. The monoisotopic (exact) mass is 334 g/mol. The van der Waals surface area contributed by atoms with E-state index < -0.39 is 48.3 Å². The summed E-state index contributed by atoms with van der Waals surface area (Å²) < 4.78 is 18.5. The van der Waals surface area contributed by atoms with Crippen molar-refractivity contribution in [3.05, 3.63) is 0 Å². The second-order valence-corrected chi connectivity index (χ2v) is 4.33. The third kappa shape index (κ3) is 6.87. The van der Waals surface area contributed by atoms with Gasteiger partial charge in [-0.3, -0.25) is 19.2 Å². The van der Waals surface area contributed by atoms with Crippen molar-refractivity contribution in [3.63, 3.8) is 0 Å². The number of hydrogen-bond donors (Lipinski definition) is 1. The predicted octanol–water partition coefficient (Wildman–Crippen LogP) is -1.49. The maximum absolute atomic E-state index is 11.5. The lowest BCUT2D eigenvalue weighted by molar-refractivity contribution is -0.196. The molecule has 130 valence electrons. The maximum Gasteiger partial charge on any atom is 0.338 e. The first-order chi connectivity index (χ1) is 10.6. The molecular weight excluding hydrogens is 316 g/mol. The second kappa shape index (κ2) is 9.51. The smallest absolute Gasteiger partial charge is 0.338 e. The fraction of sp³-hybridized carbons (Fsp3) is 0.615. The third-order valence-corrected chi connectivity index (χ3v) is 2.44. The molecule has 0 bridgehead atoms. The maximum atomic E-state index is 11.5. The zero-order chi connectivity index (χ0) is 18.2. The number of aldehydes is 1. The van der Waals surface area contributed by atoms with Gasteiger partial charge in [-0.15, -0.1) is 0 Å². The first-order valence-corrected chi connectivity index (χ1v) is 6.36. The third-order valence-electron chi connectivity index (χ3n) is 2.44. The van der Waals surface area contributed by atoms with E-state index in [-0.39, 0.29) is 6.29 Å². The van der Waals surface area contributed by atoms with Crippen molar-refractivity contribution in [1.82, 2.24) is 0 Å². The highest BCUT2D eigenvalue weighted by Crippen LogP contribution is 2.17. The topological polar surface area (TPSA) is 143 Å². The quantitative estimate of drug-likeness (QED) is 0.317. The van der Waals surface area contributed by atoms with Gasteiger partial charge in [0.25, 0.3) is 0 Å². The first-order valence-electron chi connectivity index (χ1n) is 6.36. The molecule has 0 aromatic heterocycles. The summed E-state index contributed by atoms with van der Waals surface area (Å²) in [5.74, 6) is -3.97. The predicted molar refractivity (Wildman–Crippen MR) is 70.7 cm³/mol. The molecule has 10 nitrogen and oxygen atoms in total. The first kappa shape index (κ1) is 20.5. The van der Waals surface area contributed by atoms with E-state index in [4.69, 9.17) is 9.47 Å². The van der Waals surface area contributed by atoms with E-state index in [0.717, 1.165) is 27.9 Å². The highest BCUT2D eigenvalue weighted by Gasteiger charge is 2.44. The van der Waals surface area contributed by atoms with Gasteiger partial charge in [-0.2, -0.15) is 0 Å². The van der Waals surface area contributed by atoms with Gasteiger partial charge in [0.1, 0.15) is 0 Å². The van der Waals surface area contributed by atoms with Gasteiger partial charge in [0, 0.05) is 20.8 Å². The summed E-state index contributed by atoms with van der Waals surface area (Å²) in [5, 5.41) is 9.89. The van der Waals surface area contributed by atoms with Crippen molar-refractivity contribution in [1.29, 1.82) is 0 Å². The van der Waals surface area contributed by atoms with E-state index in [1.54, 1.807) is 0 Å². The van der Waals surface area contributed by atoms with Gasteiger partial charge >= 0.3 is 23.9 Å². The van der Waals surface area contributed by atoms with Gasteiger partial charge in [-0.1, -0.05) is 0 Å². The average Bonchev–Trinajstić information content (AvgIpc) is 2.46. The molecule has 0 amide bonds. The molecular formula is C13H18O10. The van der Waals surface area contributed by atoms with E-state index in [1.165, 1.54) is 0 Å². The number of aliphatic hydroxyl groups excluding tert-OH is 1. The Hall–Kier alpha value is -2.49. The van der Waals surface area contributed by atoms with Crippen LogP contribution in [0, 0.1) is 0 Å². The fourth-order valence-corrected chi connectivity index (χ4v) is 1.63. The molecule has 0 aliphatic heterocycles. The van der Waals surface area contributed by atoms with Crippen molar-refractivity contribution in [2.45, 2.75) is 45.2 Å². The van der Waals surface area contributed by atoms with Crippen LogP contribution < -0.4 is 0 Å². The normalized spacial score (nSPS) is 15.3. The van der Waals surface area contributed by atoms with Gasteiger partial charge in [0.05, 0.1) is 7.11 Å². The summed E-state index contributed by atoms with van der Waals surface area (Å²) in [4.78, 5) is 56.0. The van der Waals surface area contributed by atoms with Gasteiger partial charge < -0.3 is 24.1 Å². The standard InChI is InChI=1S/C13H18O10/c1-6(15)21-9(5-14)11(22-7(2)16)12(23-8(3)17)10(18)13(19)20-4/h5,9-12,18H,1-4H3/t9-,10-,11+,12-/m0/s1. The minimum Gasteiger partial charge on any atom is -0.467 e. The minimum atomic E-state index is -2.08. The molecule has 10 heteroatoms. The number of aliphatic hydroxyl groups is 1. The second-order valence-electron chi connectivity index (χ2n) is 4.33. The Bertz CT molecular complexity index is 471. The van der Waals surface area contributed by atoms with Crippen LogP contribution in [0.25, 0.3) is 0 Å². The molecule has 4 atom stereocenters. The lowest BCUT2D eigenvalue weighted by Crippen LogP contribution is -2.53. The Kier molecular flexibility index (Phi) is 8.48. The van der Waals surface area contributed by atoms with Crippen LogP contribution >= 0.6 is 0 Å². The van der Waals surface area contributed by atoms with Gasteiger partial charge in [0.15, 0.2) is 30.7 Å². The zero-order valence-corrected chi connectivity index (χ0v) is 13.0. The number of ether oxygens (including phenoxy) is 4. The minimum absolute atomic E-state index is 0.107. The molecule has 0 aromatic carbocycles. The number of hydrogen-bond acceptors (Lipinski definition) is 10. The number of carbonyl (C=O) groups excluding carboxylic acids is 5. The number of methoxy groups -OCH3 is 1. The molecule has 0 unspecified atom stereocenters. The summed E-state index contributed by atoms with van der Waals surface area (Å²) in [6.45, 7) is 2.92. The molecule has 0 spiro atoms. The van der Waals surface area contributed by atoms with E-state index >= 15 is 0 Å². The van der Waals surface area contributed by atoms with Crippen LogP contribution in [0.15, 0.2) is 0 Å². The molecule has 0 rings (SSSR count). The summed E-state index contributed by atoms with van der Waals surface area (Å²) in [6, 6.07) is 0. The van der Waals surface area contributed by atoms with E-state index in [9.17, 15) is 29.1 Å².